The van der Waals surface area contributed by atoms with Crippen LogP contribution in [0.2, 0.25) is 0 Å². The number of hydrogen-bond acceptors (Lipinski definition) is 4. The predicted octanol–water partition coefficient (Wildman–Crippen LogP) is 4.27. The Labute approximate surface area is 167 Å². The zero-order valence-electron chi connectivity index (χ0n) is 14.9. The van der Waals surface area contributed by atoms with E-state index in [1.165, 1.54) is 16.0 Å². The standard InChI is InChI=1S/C20H20N4OS2/c1-13-6-8-14(9-7-13)19-22-23-20(26)24(19)12-18(25)21-16-10-11-27-17-5-3-2-4-15(16)17/h2-9,16H,10-12H2,1H3,(H,21,25)(H,23,26). The van der Waals surface area contributed by atoms with Crippen molar-refractivity contribution in [2.24, 2.45) is 0 Å². The van der Waals surface area contributed by atoms with Crippen molar-refractivity contribution in [3.63, 3.8) is 0 Å². The van der Waals surface area contributed by atoms with E-state index in [4.69, 9.17) is 12.2 Å². The molecule has 0 radical (unpaired) electrons. The lowest BCUT2D eigenvalue weighted by molar-refractivity contribution is -0.122. The summed E-state index contributed by atoms with van der Waals surface area (Å²) in [4.78, 5) is 14.0. The van der Waals surface area contributed by atoms with E-state index in [-0.39, 0.29) is 18.5 Å². The smallest absolute Gasteiger partial charge is 0.240 e. The fourth-order valence-electron chi connectivity index (χ4n) is 3.26. The van der Waals surface area contributed by atoms with Gasteiger partial charge >= 0.3 is 0 Å². The minimum atomic E-state index is -0.0624. The van der Waals surface area contributed by atoms with E-state index < -0.39 is 0 Å². The highest BCUT2D eigenvalue weighted by Crippen LogP contribution is 2.35. The lowest BCUT2D eigenvalue weighted by Gasteiger charge is -2.26. The second kappa shape index (κ2) is 7.70. The monoisotopic (exact) mass is 396 g/mol. The highest BCUT2D eigenvalue weighted by Gasteiger charge is 2.22. The number of amides is 1. The molecule has 0 saturated carbocycles. The Morgan fingerprint density at radius 3 is 2.89 bits per heavy atom. The van der Waals surface area contributed by atoms with E-state index >= 15 is 0 Å². The number of aryl methyl sites for hydroxylation is 1. The number of nitrogens with one attached hydrogen (secondary N) is 2. The molecule has 0 bridgehead atoms. The van der Waals surface area contributed by atoms with Gasteiger partial charge in [0.2, 0.25) is 5.91 Å². The minimum Gasteiger partial charge on any atom is -0.348 e. The SMILES string of the molecule is Cc1ccc(-c2n[nH]c(=S)n2CC(=O)NC2CCSc3ccccc32)cc1. The van der Waals surface area contributed by atoms with Crippen molar-refractivity contribution in [1.29, 1.82) is 0 Å². The average Bonchev–Trinajstić information content (AvgIpc) is 3.03. The molecular weight excluding hydrogens is 376 g/mol. The summed E-state index contributed by atoms with van der Waals surface area (Å²) in [6.07, 6.45) is 0.926. The summed E-state index contributed by atoms with van der Waals surface area (Å²) in [5.74, 6) is 1.61. The molecule has 1 unspecified atom stereocenters. The fourth-order valence-corrected chi connectivity index (χ4v) is 4.58. The molecule has 1 atom stereocenters. The number of aromatic nitrogens is 3. The van der Waals surface area contributed by atoms with E-state index in [9.17, 15) is 4.79 Å². The molecule has 3 aromatic rings. The molecule has 2 aromatic carbocycles. The van der Waals surface area contributed by atoms with Crippen LogP contribution in [0.3, 0.4) is 0 Å². The number of rotatable bonds is 4. The van der Waals surface area contributed by atoms with Crippen molar-refractivity contribution in [1.82, 2.24) is 20.1 Å². The average molecular weight is 397 g/mol. The number of benzene rings is 2. The number of aromatic amines is 1. The first-order chi connectivity index (χ1) is 13.1. The Balaban J connectivity index is 1.54. The van der Waals surface area contributed by atoms with Crippen LogP contribution >= 0.6 is 24.0 Å². The van der Waals surface area contributed by atoms with Crippen LogP contribution < -0.4 is 5.32 Å². The number of hydrogen-bond donors (Lipinski definition) is 2. The molecule has 138 valence electrons. The number of nitrogens with zero attached hydrogens (tertiary/aromatic N) is 2. The third kappa shape index (κ3) is 3.84. The first-order valence-corrected chi connectivity index (χ1v) is 10.2. The summed E-state index contributed by atoms with van der Waals surface area (Å²) in [7, 11) is 0. The van der Waals surface area contributed by atoms with Crippen LogP contribution in [-0.4, -0.2) is 26.4 Å². The van der Waals surface area contributed by atoms with Crippen molar-refractivity contribution in [2.45, 2.75) is 30.8 Å². The van der Waals surface area contributed by atoms with Gasteiger partial charge in [-0.3, -0.25) is 14.5 Å². The van der Waals surface area contributed by atoms with Crippen LogP contribution in [0.15, 0.2) is 53.4 Å². The highest BCUT2D eigenvalue weighted by molar-refractivity contribution is 7.99. The number of carbonyl (C=O) groups is 1. The lowest BCUT2D eigenvalue weighted by atomic mass is 10.0. The summed E-state index contributed by atoms with van der Waals surface area (Å²) < 4.78 is 2.19. The number of fused-ring (bicyclic) bond motifs is 1. The molecule has 1 aromatic heterocycles. The topological polar surface area (TPSA) is 62.7 Å². The highest BCUT2D eigenvalue weighted by atomic mass is 32.2. The maximum absolute atomic E-state index is 12.8. The van der Waals surface area contributed by atoms with Gasteiger partial charge in [0.25, 0.3) is 0 Å². The molecule has 7 heteroatoms. The lowest BCUT2D eigenvalue weighted by Crippen LogP contribution is -2.33. The molecular formula is C20H20N4OS2. The van der Waals surface area contributed by atoms with Crippen molar-refractivity contribution in [3.8, 4) is 11.4 Å². The molecule has 0 aliphatic carbocycles. The molecule has 0 saturated heterocycles. The second-order valence-corrected chi connectivity index (χ2v) is 8.12. The molecule has 1 aliphatic rings. The van der Waals surface area contributed by atoms with Crippen LogP contribution in [0.4, 0.5) is 0 Å². The maximum Gasteiger partial charge on any atom is 0.240 e. The summed E-state index contributed by atoms with van der Waals surface area (Å²) in [6.45, 7) is 2.18. The zero-order valence-corrected chi connectivity index (χ0v) is 16.6. The van der Waals surface area contributed by atoms with Gasteiger partial charge in [-0.05, 0) is 37.2 Å². The van der Waals surface area contributed by atoms with E-state index in [1.807, 2.05) is 55.1 Å². The van der Waals surface area contributed by atoms with Gasteiger partial charge in [-0.2, -0.15) is 5.10 Å². The molecule has 1 aliphatic heterocycles. The Hall–Kier alpha value is -2.38. The van der Waals surface area contributed by atoms with Crippen molar-refractivity contribution < 1.29 is 4.79 Å². The molecule has 2 heterocycles. The Bertz CT molecular complexity index is 1020. The van der Waals surface area contributed by atoms with Crippen LogP contribution in [0.5, 0.6) is 0 Å². The van der Waals surface area contributed by atoms with Crippen molar-refractivity contribution in [3.05, 3.63) is 64.4 Å². The molecule has 1 amide bonds. The van der Waals surface area contributed by atoms with Gasteiger partial charge in [0.1, 0.15) is 6.54 Å². The van der Waals surface area contributed by atoms with Crippen LogP contribution in [0.25, 0.3) is 11.4 Å². The molecule has 2 N–H and O–H groups in total. The van der Waals surface area contributed by atoms with Gasteiger partial charge in [-0.1, -0.05) is 48.0 Å². The summed E-state index contributed by atoms with van der Waals surface area (Å²) in [5.41, 5.74) is 3.29. The molecule has 4 rings (SSSR count). The quantitative estimate of drug-likeness (QED) is 0.647. The van der Waals surface area contributed by atoms with Gasteiger partial charge in [-0.25, -0.2) is 0 Å². The number of H-pyrrole nitrogens is 1. The fraction of sp³-hybridized carbons (Fsp3) is 0.250. The minimum absolute atomic E-state index is 0.0406. The predicted molar refractivity (Wildman–Crippen MR) is 110 cm³/mol. The number of thioether (sulfide) groups is 1. The molecule has 5 nitrogen and oxygen atoms in total. The normalized spacial score (nSPS) is 16.0. The van der Waals surface area contributed by atoms with Gasteiger partial charge in [0.15, 0.2) is 10.6 Å². The first-order valence-electron chi connectivity index (χ1n) is 8.85. The maximum atomic E-state index is 12.8. The molecule has 0 fully saturated rings. The largest absolute Gasteiger partial charge is 0.348 e. The Kier molecular flexibility index (Phi) is 5.13. The summed E-state index contributed by atoms with van der Waals surface area (Å²) >= 11 is 7.19. The van der Waals surface area contributed by atoms with Gasteiger partial charge < -0.3 is 5.32 Å². The van der Waals surface area contributed by atoms with E-state index in [1.54, 1.807) is 4.57 Å². The van der Waals surface area contributed by atoms with E-state index in [2.05, 4.69) is 27.6 Å². The van der Waals surface area contributed by atoms with Crippen molar-refractivity contribution in [2.75, 3.05) is 5.75 Å². The van der Waals surface area contributed by atoms with E-state index in [0.717, 1.165) is 17.7 Å². The first kappa shape index (κ1) is 18.0. The summed E-state index contributed by atoms with van der Waals surface area (Å²) in [5, 5.41) is 10.3. The van der Waals surface area contributed by atoms with E-state index in [0.29, 0.717) is 10.6 Å². The molecule has 0 spiro atoms. The zero-order chi connectivity index (χ0) is 18.8. The third-order valence-corrected chi connectivity index (χ3v) is 6.10. The van der Waals surface area contributed by atoms with Crippen LogP contribution in [0.1, 0.15) is 23.6 Å². The van der Waals surface area contributed by atoms with Gasteiger partial charge in [0.05, 0.1) is 6.04 Å². The molecule has 27 heavy (non-hydrogen) atoms. The van der Waals surface area contributed by atoms with Crippen LogP contribution in [-0.2, 0) is 11.3 Å². The Morgan fingerprint density at radius 2 is 2.07 bits per heavy atom. The summed E-state index contributed by atoms with van der Waals surface area (Å²) in [6, 6.07) is 16.3. The van der Waals surface area contributed by atoms with Crippen molar-refractivity contribution >= 4 is 29.9 Å². The van der Waals surface area contributed by atoms with Gasteiger partial charge in [-0.15, -0.1) is 11.8 Å². The number of carbonyl (C=O) groups excluding carboxylic acids is 1. The second-order valence-electron chi connectivity index (χ2n) is 6.60. The Morgan fingerprint density at radius 1 is 1.30 bits per heavy atom. The third-order valence-electron chi connectivity index (χ3n) is 4.66. The van der Waals surface area contributed by atoms with Crippen LogP contribution in [0, 0.1) is 11.7 Å². The van der Waals surface area contributed by atoms with Gasteiger partial charge in [0, 0.05) is 16.2 Å².